The second-order valence-electron chi connectivity index (χ2n) is 3.10. The average molecular weight is 156 g/mol. The zero-order chi connectivity index (χ0) is 8.10. The zero-order valence-corrected chi connectivity index (χ0v) is 7.02. The lowest BCUT2D eigenvalue weighted by atomic mass is 9.96. The molecule has 3 nitrogen and oxygen atoms in total. The number of hydrogen-bond acceptors (Lipinski definition) is 2. The van der Waals surface area contributed by atoms with Crippen molar-refractivity contribution in [2.75, 3.05) is 20.1 Å². The molecule has 1 fully saturated rings. The topological polar surface area (TPSA) is 41.1 Å². The van der Waals surface area contributed by atoms with Crippen LogP contribution >= 0.6 is 0 Å². The molecule has 0 saturated carbocycles. The van der Waals surface area contributed by atoms with Crippen LogP contribution in [0.1, 0.15) is 19.3 Å². The summed E-state index contributed by atoms with van der Waals surface area (Å²) in [5.41, 5.74) is 0. The fourth-order valence-corrected chi connectivity index (χ4v) is 1.38. The van der Waals surface area contributed by atoms with Gasteiger partial charge in [0, 0.05) is 13.0 Å². The van der Waals surface area contributed by atoms with Crippen LogP contribution < -0.4 is 10.6 Å². The molecule has 1 saturated heterocycles. The van der Waals surface area contributed by atoms with Crippen molar-refractivity contribution < 1.29 is 4.79 Å². The minimum absolute atomic E-state index is 0.214. The Morgan fingerprint density at radius 3 is 3.09 bits per heavy atom. The number of hydrogen-bond donors (Lipinski definition) is 2. The molecule has 0 aromatic carbocycles. The van der Waals surface area contributed by atoms with Crippen LogP contribution in [0.15, 0.2) is 0 Å². The third-order valence-corrected chi connectivity index (χ3v) is 2.17. The summed E-state index contributed by atoms with van der Waals surface area (Å²) >= 11 is 0. The van der Waals surface area contributed by atoms with Gasteiger partial charge >= 0.3 is 0 Å². The Labute approximate surface area is 67.5 Å². The number of carbonyl (C=O) groups is 1. The summed E-state index contributed by atoms with van der Waals surface area (Å²) in [6.45, 7) is 1.93. The molecule has 0 radical (unpaired) electrons. The lowest BCUT2D eigenvalue weighted by molar-refractivity contribution is -0.122. The standard InChI is InChI=1S/C8H16N2O/c1-9-5-4-7-2-3-8(11)10-6-7/h7,9H,2-6H2,1H3,(H,10,11). The molecule has 0 bridgehead atoms. The maximum Gasteiger partial charge on any atom is 0.220 e. The largest absolute Gasteiger partial charge is 0.356 e. The molecule has 0 aromatic rings. The minimum Gasteiger partial charge on any atom is -0.356 e. The van der Waals surface area contributed by atoms with Crippen LogP contribution in [-0.4, -0.2) is 26.0 Å². The van der Waals surface area contributed by atoms with Crippen molar-refractivity contribution in [1.29, 1.82) is 0 Å². The van der Waals surface area contributed by atoms with E-state index in [0.717, 1.165) is 19.5 Å². The van der Waals surface area contributed by atoms with E-state index >= 15 is 0 Å². The lowest BCUT2D eigenvalue weighted by Crippen LogP contribution is -2.35. The van der Waals surface area contributed by atoms with E-state index < -0.39 is 0 Å². The number of rotatable bonds is 3. The number of carbonyl (C=O) groups excluding carboxylic acids is 1. The summed E-state index contributed by atoms with van der Waals surface area (Å²) in [5, 5.41) is 5.99. The zero-order valence-electron chi connectivity index (χ0n) is 7.02. The molecule has 11 heavy (non-hydrogen) atoms. The Bertz CT molecular complexity index is 126. The van der Waals surface area contributed by atoms with Crippen LogP contribution in [0.3, 0.4) is 0 Å². The van der Waals surface area contributed by atoms with E-state index in [2.05, 4.69) is 10.6 Å². The van der Waals surface area contributed by atoms with Crippen LogP contribution in [0, 0.1) is 5.92 Å². The van der Waals surface area contributed by atoms with E-state index in [0.29, 0.717) is 12.3 Å². The third-order valence-electron chi connectivity index (χ3n) is 2.17. The third kappa shape index (κ3) is 2.89. The van der Waals surface area contributed by atoms with Crippen LogP contribution in [0.5, 0.6) is 0 Å². The van der Waals surface area contributed by atoms with Gasteiger partial charge in [-0.25, -0.2) is 0 Å². The predicted molar refractivity (Wildman–Crippen MR) is 44.3 cm³/mol. The normalized spacial score (nSPS) is 24.8. The predicted octanol–water partition coefficient (Wildman–Crippen LogP) is 0.122. The molecule has 1 unspecified atom stereocenters. The maximum atomic E-state index is 10.8. The van der Waals surface area contributed by atoms with Crippen molar-refractivity contribution >= 4 is 5.91 Å². The molecule has 64 valence electrons. The van der Waals surface area contributed by atoms with Gasteiger partial charge in [-0.05, 0) is 32.4 Å². The van der Waals surface area contributed by atoms with Gasteiger partial charge in [0.2, 0.25) is 5.91 Å². The van der Waals surface area contributed by atoms with E-state index in [-0.39, 0.29) is 5.91 Å². The first kappa shape index (κ1) is 8.53. The maximum absolute atomic E-state index is 10.8. The van der Waals surface area contributed by atoms with E-state index in [1.54, 1.807) is 0 Å². The molecule has 1 aliphatic rings. The highest BCUT2D eigenvalue weighted by Gasteiger charge is 2.16. The Kier molecular flexibility index (Phi) is 3.36. The van der Waals surface area contributed by atoms with Crippen LogP contribution in [-0.2, 0) is 4.79 Å². The highest BCUT2D eigenvalue weighted by Crippen LogP contribution is 2.13. The van der Waals surface area contributed by atoms with Crippen molar-refractivity contribution in [2.24, 2.45) is 5.92 Å². The highest BCUT2D eigenvalue weighted by atomic mass is 16.1. The van der Waals surface area contributed by atoms with Crippen LogP contribution in [0.2, 0.25) is 0 Å². The van der Waals surface area contributed by atoms with Crippen molar-refractivity contribution in [2.45, 2.75) is 19.3 Å². The molecule has 0 aliphatic carbocycles. The van der Waals surface area contributed by atoms with Crippen LogP contribution in [0.4, 0.5) is 0 Å². The van der Waals surface area contributed by atoms with E-state index in [1.807, 2.05) is 7.05 Å². The monoisotopic (exact) mass is 156 g/mol. The van der Waals surface area contributed by atoms with Gasteiger partial charge in [-0.1, -0.05) is 0 Å². The second-order valence-corrected chi connectivity index (χ2v) is 3.10. The highest BCUT2D eigenvalue weighted by molar-refractivity contribution is 5.76. The molecule has 0 aromatic heterocycles. The van der Waals surface area contributed by atoms with Gasteiger partial charge in [-0.15, -0.1) is 0 Å². The second kappa shape index (κ2) is 4.34. The van der Waals surface area contributed by atoms with Gasteiger partial charge in [0.15, 0.2) is 0 Å². The molecule has 3 heteroatoms. The molecule has 0 spiro atoms. The fraction of sp³-hybridized carbons (Fsp3) is 0.875. The van der Waals surface area contributed by atoms with Gasteiger partial charge in [-0.3, -0.25) is 4.79 Å². The van der Waals surface area contributed by atoms with Crippen molar-refractivity contribution in [3.63, 3.8) is 0 Å². The Hall–Kier alpha value is -0.570. The summed E-state index contributed by atoms with van der Waals surface area (Å²) in [7, 11) is 1.96. The molecular weight excluding hydrogens is 140 g/mol. The van der Waals surface area contributed by atoms with Gasteiger partial charge < -0.3 is 10.6 Å². The van der Waals surface area contributed by atoms with Crippen molar-refractivity contribution in [3.05, 3.63) is 0 Å². The first-order valence-electron chi connectivity index (χ1n) is 4.24. The minimum atomic E-state index is 0.214. The van der Waals surface area contributed by atoms with Crippen molar-refractivity contribution in [3.8, 4) is 0 Å². The Balaban J connectivity index is 2.12. The summed E-state index contributed by atoms with van der Waals surface area (Å²) < 4.78 is 0. The Morgan fingerprint density at radius 1 is 1.73 bits per heavy atom. The number of nitrogens with one attached hydrogen (secondary N) is 2. The van der Waals surface area contributed by atoms with E-state index in [9.17, 15) is 4.79 Å². The van der Waals surface area contributed by atoms with E-state index in [4.69, 9.17) is 0 Å². The smallest absolute Gasteiger partial charge is 0.220 e. The van der Waals surface area contributed by atoms with Crippen molar-refractivity contribution in [1.82, 2.24) is 10.6 Å². The summed E-state index contributed by atoms with van der Waals surface area (Å²) in [6, 6.07) is 0. The first-order valence-corrected chi connectivity index (χ1v) is 4.24. The molecule has 2 N–H and O–H groups in total. The summed E-state index contributed by atoms with van der Waals surface area (Å²) in [5.74, 6) is 0.908. The number of amides is 1. The molecule has 1 amide bonds. The molecule has 1 atom stereocenters. The quantitative estimate of drug-likeness (QED) is 0.609. The molecule has 1 rings (SSSR count). The van der Waals surface area contributed by atoms with Gasteiger partial charge in [-0.2, -0.15) is 0 Å². The van der Waals surface area contributed by atoms with Crippen LogP contribution in [0.25, 0.3) is 0 Å². The van der Waals surface area contributed by atoms with Gasteiger partial charge in [0.1, 0.15) is 0 Å². The fourth-order valence-electron chi connectivity index (χ4n) is 1.38. The Morgan fingerprint density at radius 2 is 2.55 bits per heavy atom. The van der Waals surface area contributed by atoms with Gasteiger partial charge in [0.05, 0.1) is 0 Å². The molecule has 1 heterocycles. The molecular formula is C8H16N2O. The summed E-state index contributed by atoms with van der Waals surface area (Å²) in [6.07, 6.45) is 2.96. The van der Waals surface area contributed by atoms with Gasteiger partial charge in [0.25, 0.3) is 0 Å². The lowest BCUT2D eigenvalue weighted by Gasteiger charge is -2.21. The molecule has 1 aliphatic heterocycles. The SMILES string of the molecule is CNCCC1CCC(=O)NC1. The summed E-state index contributed by atoms with van der Waals surface area (Å²) in [4.78, 5) is 10.8. The number of piperidine rings is 1. The first-order chi connectivity index (χ1) is 5.33. The van der Waals surface area contributed by atoms with E-state index in [1.165, 1.54) is 6.42 Å². The average Bonchev–Trinajstić information content (AvgIpc) is 2.04.